The summed E-state index contributed by atoms with van der Waals surface area (Å²) in [6.45, 7) is 0.474. The predicted molar refractivity (Wildman–Crippen MR) is 122 cm³/mol. The van der Waals surface area contributed by atoms with Gasteiger partial charge in [0.1, 0.15) is 0 Å². The van der Waals surface area contributed by atoms with E-state index in [1.54, 1.807) is 4.90 Å². The lowest BCUT2D eigenvalue weighted by Gasteiger charge is -2.36. The van der Waals surface area contributed by atoms with E-state index in [9.17, 15) is 22.8 Å². The molecule has 2 aromatic carbocycles. The summed E-state index contributed by atoms with van der Waals surface area (Å²) in [5.74, 6) is -0.701. The molecule has 178 valence electrons. The molecule has 3 aromatic rings. The molecule has 6 nitrogen and oxygen atoms in total. The number of hydrogen-bond acceptors (Lipinski definition) is 3. The Balaban J connectivity index is 1.52. The number of benzene rings is 2. The second kappa shape index (κ2) is 10.0. The van der Waals surface area contributed by atoms with Gasteiger partial charge in [0.2, 0.25) is 0 Å². The fourth-order valence-electron chi connectivity index (χ4n) is 4.12. The summed E-state index contributed by atoms with van der Waals surface area (Å²) in [5, 5.41) is 4.83. The molecule has 9 heteroatoms. The number of carbonyl (C=O) groups is 2. The molecule has 2 heterocycles. The lowest BCUT2D eigenvalue weighted by Crippen LogP contribution is -2.47. The molecule has 1 atom stereocenters. The highest BCUT2D eigenvalue weighted by atomic mass is 19.4. The number of likely N-dealkylation sites (tertiary alicyclic amines) is 1. The molecule has 3 amide bonds. The summed E-state index contributed by atoms with van der Waals surface area (Å²) >= 11 is 0. The smallest absolute Gasteiger partial charge is 0.418 e. The number of nitrogens with zero attached hydrogens (tertiary/aromatic N) is 1. The van der Waals surface area contributed by atoms with E-state index in [0.717, 1.165) is 37.0 Å². The topological polar surface area (TPSA) is 74.6 Å². The first-order chi connectivity index (χ1) is 16.3. The van der Waals surface area contributed by atoms with Crippen LogP contribution < -0.4 is 10.6 Å². The molecule has 0 bridgehead atoms. The van der Waals surface area contributed by atoms with Crippen molar-refractivity contribution in [2.45, 2.75) is 37.9 Å². The van der Waals surface area contributed by atoms with Gasteiger partial charge in [-0.1, -0.05) is 30.3 Å². The molecule has 4 rings (SSSR count). The van der Waals surface area contributed by atoms with Crippen LogP contribution >= 0.6 is 0 Å². The van der Waals surface area contributed by atoms with Gasteiger partial charge >= 0.3 is 12.2 Å². The number of amides is 3. The van der Waals surface area contributed by atoms with Crippen molar-refractivity contribution in [1.29, 1.82) is 0 Å². The van der Waals surface area contributed by atoms with Crippen LogP contribution in [0, 0.1) is 0 Å². The lowest BCUT2D eigenvalue weighted by atomic mass is 9.96. The van der Waals surface area contributed by atoms with Gasteiger partial charge in [0.25, 0.3) is 5.91 Å². The summed E-state index contributed by atoms with van der Waals surface area (Å²) in [6.07, 6.45) is -0.272. The Morgan fingerprint density at radius 1 is 1.00 bits per heavy atom. The SMILES string of the molecule is O=C(Nc1ccc(NC(=O)N2CCCCC2Cc2ccccc2)c(C(F)(F)F)c1)c1ccco1. The normalized spacial score (nSPS) is 16.2. The van der Waals surface area contributed by atoms with Crippen LogP contribution in [0.3, 0.4) is 0 Å². The summed E-state index contributed by atoms with van der Waals surface area (Å²) < 4.78 is 46.4. The van der Waals surface area contributed by atoms with Gasteiger partial charge in [-0.2, -0.15) is 13.2 Å². The van der Waals surface area contributed by atoms with Crippen LogP contribution in [0.1, 0.15) is 40.9 Å². The average Bonchev–Trinajstić information content (AvgIpc) is 3.36. The molecule has 1 saturated heterocycles. The molecule has 0 spiro atoms. The monoisotopic (exact) mass is 471 g/mol. The third-order valence-electron chi connectivity index (χ3n) is 5.77. The molecule has 1 unspecified atom stereocenters. The zero-order valence-corrected chi connectivity index (χ0v) is 18.3. The van der Waals surface area contributed by atoms with Crippen molar-refractivity contribution < 1.29 is 27.2 Å². The Morgan fingerprint density at radius 2 is 1.79 bits per heavy atom. The minimum Gasteiger partial charge on any atom is -0.459 e. The van der Waals surface area contributed by atoms with Crippen LogP contribution in [0.5, 0.6) is 0 Å². The fourth-order valence-corrected chi connectivity index (χ4v) is 4.12. The van der Waals surface area contributed by atoms with Gasteiger partial charge in [0, 0.05) is 18.3 Å². The maximum atomic E-state index is 13.8. The molecule has 1 aliphatic rings. The van der Waals surface area contributed by atoms with Crippen LogP contribution in [0.4, 0.5) is 29.3 Å². The van der Waals surface area contributed by atoms with Gasteiger partial charge in [-0.25, -0.2) is 4.79 Å². The van der Waals surface area contributed by atoms with E-state index in [1.807, 2.05) is 30.3 Å². The van der Waals surface area contributed by atoms with Gasteiger partial charge in [-0.05, 0) is 61.6 Å². The molecular weight excluding hydrogens is 447 g/mol. The van der Waals surface area contributed by atoms with Gasteiger partial charge in [0.15, 0.2) is 5.76 Å². The van der Waals surface area contributed by atoms with E-state index in [1.165, 1.54) is 24.5 Å². The van der Waals surface area contributed by atoms with Gasteiger partial charge in [-0.3, -0.25) is 4.79 Å². The van der Waals surface area contributed by atoms with Crippen molar-refractivity contribution in [2.75, 3.05) is 17.2 Å². The van der Waals surface area contributed by atoms with Crippen molar-refractivity contribution in [3.05, 3.63) is 83.8 Å². The largest absolute Gasteiger partial charge is 0.459 e. The maximum Gasteiger partial charge on any atom is 0.418 e. The van der Waals surface area contributed by atoms with E-state index < -0.39 is 23.7 Å². The van der Waals surface area contributed by atoms with Crippen molar-refractivity contribution >= 4 is 23.3 Å². The second-order valence-corrected chi connectivity index (χ2v) is 8.15. The Hall–Kier alpha value is -3.75. The number of piperidine rings is 1. The molecule has 2 N–H and O–H groups in total. The number of anilines is 2. The number of alkyl halides is 3. The Bertz CT molecular complexity index is 1130. The van der Waals surface area contributed by atoms with Gasteiger partial charge < -0.3 is 20.0 Å². The highest BCUT2D eigenvalue weighted by molar-refractivity contribution is 6.02. The van der Waals surface area contributed by atoms with Crippen LogP contribution in [0.2, 0.25) is 0 Å². The summed E-state index contributed by atoms with van der Waals surface area (Å²) in [5.41, 5.74) is -0.404. The highest BCUT2D eigenvalue weighted by Crippen LogP contribution is 2.37. The zero-order valence-electron chi connectivity index (χ0n) is 18.3. The van der Waals surface area contributed by atoms with Crippen molar-refractivity contribution in [3.63, 3.8) is 0 Å². The molecule has 0 saturated carbocycles. The number of hydrogen-bond donors (Lipinski definition) is 2. The minimum atomic E-state index is -4.74. The first-order valence-corrected chi connectivity index (χ1v) is 11.0. The molecular formula is C25H24F3N3O3. The minimum absolute atomic E-state index is 0.0273. The summed E-state index contributed by atoms with van der Waals surface area (Å²) in [4.78, 5) is 26.8. The first-order valence-electron chi connectivity index (χ1n) is 11.0. The van der Waals surface area contributed by atoms with Crippen LogP contribution in [-0.2, 0) is 12.6 Å². The van der Waals surface area contributed by atoms with Gasteiger partial charge in [-0.15, -0.1) is 0 Å². The molecule has 1 aromatic heterocycles. The predicted octanol–water partition coefficient (Wildman–Crippen LogP) is 6.18. The van der Waals surface area contributed by atoms with Crippen LogP contribution in [-0.4, -0.2) is 29.4 Å². The molecule has 34 heavy (non-hydrogen) atoms. The van der Waals surface area contributed by atoms with E-state index in [4.69, 9.17) is 4.42 Å². The fraction of sp³-hybridized carbons (Fsp3) is 0.280. The van der Waals surface area contributed by atoms with Gasteiger partial charge in [0.05, 0.1) is 17.5 Å². The third kappa shape index (κ3) is 5.59. The quantitative estimate of drug-likeness (QED) is 0.467. The molecule has 0 radical (unpaired) electrons. The number of halogens is 3. The van der Waals surface area contributed by atoms with Crippen molar-refractivity contribution in [3.8, 4) is 0 Å². The molecule has 1 fully saturated rings. The van der Waals surface area contributed by atoms with Crippen LogP contribution in [0.15, 0.2) is 71.3 Å². The Kier molecular flexibility index (Phi) is 6.90. The van der Waals surface area contributed by atoms with E-state index in [-0.39, 0.29) is 23.2 Å². The molecule has 0 aliphatic carbocycles. The van der Waals surface area contributed by atoms with E-state index >= 15 is 0 Å². The number of furan rings is 1. The number of urea groups is 1. The van der Waals surface area contributed by atoms with Crippen molar-refractivity contribution in [2.24, 2.45) is 0 Å². The maximum absolute atomic E-state index is 13.8. The number of rotatable bonds is 5. The first kappa shape index (κ1) is 23.4. The third-order valence-corrected chi connectivity index (χ3v) is 5.77. The number of nitrogens with one attached hydrogen (secondary N) is 2. The summed E-state index contributed by atoms with van der Waals surface area (Å²) in [7, 11) is 0. The second-order valence-electron chi connectivity index (χ2n) is 8.15. The van der Waals surface area contributed by atoms with E-state index in [2.05, 4.69) is 10.6 Å². The van der Waals surface area contributed by atoms with Crippen molar-refractivity contribution in [1.82, 2.24) is 4.90 Å². The highest BCUT2D eigenvalue weighted by Gasteiger charge is 2.35. The Labute approximate surface area is 194 Å². The Morgan fingerprint density at radius 3 is 2.50 bits per heavy atom. The molecule has 1 aliphatic heterocycles. The zero-order chi connectivity index (χ0) is 24.1. The lowest BCUT2D eigenvalue weighted by molar-refractivity contribution is -0.136. The van der Waals surface area contributed by atoms with E-state index in [0.29, 0.717) is 13.0 Å². The number of carbonyl (C=O) groups excluding carboxylic acids is 2. The summed E-state index contributed by atoms with van der Waals surface area (Å²) in [6, 6.07) is 15.2. The van der Waals surface area contributed by atoms with Crippen LogP contribution in [0.25, 0.3) is 0 Å². The average molecular weight is 471 g/mol. The standard InChI is InChI=1S/C25H24F3N3O3/c26-25(27,28)20-16-18(29-23(32)22-10-6-14-34-22)11-12-21(20)30-24(33)31-13-5-4-9-19(31)15-17-7-2-1-3-8-17/h1-3,6-8,10-12,14,16,19H,4-5,9,13,15H2,(H,29,32)(H,30,33).